The van der Waals surface area contributed by atoms with E-state index in [2.05, 4.69) is 4.90 Å². The molecule has 1 aromatic rings. The van der Waals surface area contributed by atoms with Gasteiger partial charge in [-0.25, -0.2) is 0 Å². The van der Waals surface area contributed by atoms with E-state index in [0.29, 0.717) is 0 Å². The van der Waals surface area contributed by atoms with Crippen LogP contribution in [0.2, 0.25) is 0 Å². The number of nitrogens with two attached hydrogens (primary N) is 1. The summed E-state index contributed by atoms with van der Waals surface area (Å²) >= 11 is 0. The van der Waals surface area contributed by atoms with Gasteiger partial charge >= 0.3 is 0 Å². The highest BCUT2D eigenvalue weighted by Gasteiger charge is 2.11. The van der Waals surface area contributed by atoms with Crippen LogP contribution in [0, 0.1) is 0 Å². The van der Waals surface area contributed by atoms with Crippen molar-refractivity contribution < 1.29 is 9.84 Å². The van der Waals surface area contributed by atoms with Gasteiger partial charge in [-0.1, -0.05) is 12.1 Å². The molecular formula is C13H22N2O2. The maximum atomic E-state index is 9.13. The first-order valence-electron chi connectivity index (χ1n) is 5.76. The van der Waals surface area contributed by atoms with Gasteiger partial charge in [-0.2, -0.15) is 0 Å². The van der Waals surface area contributed by atoms with Crippen molar-refractivity contribution >= 4 is 0 Å². The third-order valence-electron chi connectivity index (χ3n) is 2.74. The first-order chi connectivity index (χ1) is 8.08. The Morgan fingerprint density at radius 1 is 1.41 bits per heavy atom. The molecule has 4 heteroatoms. The van der Waals surface area contributed by atoms with Crippen molar-refractivity contribution in [3.8, 4) is 5.75 Å². The molecule has 1 unspecified atom stereocenters. The van der Waals surface area contributed by atoms with Gasteiger partial charge in [0.1, 0.15) is 5.75 Å². The third kappa shape index (κ3) is 4.00. The average Bonchev–Trinajstić information content (AvgIpc) is 2.34. The van der Waals surface area contributed by atoms with Crippen LogP contribution in [-0.4, -0.2) is 44.4 Å². The van der Waals surface area contributed by atoms with Gasteiger partial charge in [-0.3, -0.25) is 0 Å². The van der Waals surface area contributed by atoms with Crippen molar-refractivity contribution in [2.75, 3.05) is 34.4 Å². The molecule has 1 atom stereocenters. The van der Waals surface area contributed by atoms with Crippen molar-refractivity contribution in [3.63, 3.8) is 0 Å². The predicted octanol–water partition coefficient (Wildman–Crippen LogP) is 0.791. The van der Waals surface area contributed by atoms with E-state index in [-0.39, 0.29) is 12.6 Å². The van der Waals surface area contributed by atoms with Crippen LogP contribution in [0.5, 0.6) is 5.75 Å². The summed E-state index contributed by atoms with van der Waals surface area (Å²) in [6.45, 7) is 0.910. The van der Waals surface area contributed by atoms with Gasteiger partial charge < -0.3 is 20.5 Å². The Balaban J connectivity index is 2.88. The zero-order valence-electron chi connectivity index (χ0n) is 10.8. The number of aliphatic hydroxyl groups is 1. The Labute approximate surface area is 103 Å². The minimum atomic E-state index is -0.385. The van der Waals surface area contributed by atoms with Crippen molar-refractivity contribution in [1.82, 2.24) is 4.90 Å². The molecule has 0 aliphatic heterocycles. The van der Waals surface area contributed by atoms with Crippen LogP contribution < -0.4 is 10.5 Å². The van der Waals surface area contributed by atoms with Gasteiger partial charge in [0.05, 0.1) is 19.8 Å². The Hall–Kier alpha value is -1.10. The molecule has 0 bridgehead atoms. The first-order valence-corrected chi connectivity index (χ1v) is 5.76. The molecule has 17 heavy (non-hydrogen) atoms. The van der Waals surface area contributed by atoms with Crippen molar-refractivity contribution in [3.05, 3.63) is 29.3 Å². The van der Waals surface area contributed by atoms with Crippen LogP contribution in [0.4, 0.5) is 0 Å². The minimum absolute atomic E-state index is 0.0759. The number of hydrogen-bond acceptors (Lipinski definition) is 4. The van der Waals surface area contributed by atoms with Crippen LogP contribution in [0.15, 0.2) is 18.2 Å². The molecule has 4 nitrogen and oxygen atoms in total. The van der Waals surface area contributed by atoms with Crippen molar-refractivity contribution in [2.24, 2.45) is 5.73 Å². The molecule has 1 rings (SSSR count). The van der Waals surface area contributed by atoms with E-state index in [0.717, 1.165) is 24.3 Å². The molecule has 0 fully saturated rings. The highest BCUT2D eigenvalue weighted by molar-refractivity contribution is 5.39. The zero-order valence-corrected chi connectivity index (χ0v) is 10.8. The summed E-state index contributed by atoms with van der Waals surface area (Å²) in [4.78, 5) is 2.13. The van der Waals surface area contributed by atoms with E-state index in [1.165, 1.54) is 5.56 Å². The number of likely N-dealkylation sites (N-methyl/N-ethyl adjacent to an activating group) is 1. The summed E-state index contributed by atoms with van der Waals surface area (Å²) < 4.78 is 5.25. The van der Waals surface area contributed by atoms with E-state index in [1.54, 1.807) is 7.11 Å². The summed E-state index contributed by atoms with van der Waals surface area (Å²) in [6.07, 6.45) is 0.960. The number of aliphatic hydroxyl groups excluding tert-OH is 1. The Morgan fingerprint density at radius 2 is 2.12 bits per heavy atom. The Kier molecular flexibility index (Phi) is 5.41. The van der Waals surface area contributed by atoms with Gasteiger partial charge in [0.25, 0.3) is 0 Å². The van der Waals surface area contributed by atoms with E-state index < -0.39 is 0 Å². The first kappa shape index (κ1) is 14.0. The Bertz CT molecular complexity index is 353. The van der Waals surface area contributed by atoms with E-state index in [4.69, 9.17) is 15.6 Å². The summed E-state index contributed by atoms with van der Waals surface area (Å²) in [5.41, 5.74) is 7.93. The maximum Gasteiger partial charge on any atom is 0.123 e. The molecule has 0 aliphatic rings. The SMILES string of the molecule is COc1ccc(CCN(C)C)cc1C(N)CO. The fraction of sp³-hybridized carbons (Fsp3) is 0.538. The van der Waals surface area contributed by atoms with Crippen LogP contribution in [0.1, 0.15) is 17.2 Å². The van der Waals surface area contributed by atoms with Crippen LogP contribution in [0.3, 0.4) is 0 Å². The van der Waals surface area contributed by atoms with Crippen molar-refractivity contribution in [2.45, 2.75) is 12.5 Å². The molecule has 0 aromatic heterocycles. The lowest BCUT2D eigenvalue weighted by molar-refractivity contribution is 0.264. The molecule has 0 amide bonds. The lowest BCUT2D eigenvalue weighted by Gasteiger charge is -2.16. The molecule has 1 aromatic carbocycles. The van der Waals surface area contributed by atoms with E-state index in [1.807, 2.05) is 32.3 Å². The molecule has 0 radical (unpaired) electrons. The molecule has 0 saturated heterocycles. The summed E-state index contributed by atoms with van der Waals surface area (Å²) in [7, 11) is 5.70. The number of methoxy groups -OCH3 is 1. The van der Waals surface area contributed by atoms with Gasteiger partial charge in [0, 0.05) is 12.1 Å². The number of ether oxygens (including phenoxy) is 1. The second-order valence-electron chi connectivity index (χ2n) is 4.42. The standard InChI is InChI=1S/C13H22N2O2/c1-15(2)7-6-10-4-5-13(17-3)11(8-10)12(14)9-16/h4-5,8,12,16H,6-7,9,14H2,1-3H3. The number of rotatable bonds is 6. The van der Waals surface area contributed by atoms with E-state index in [9.17, 15) is 0 Å². The zero-order chi connectivity index (χ0) is 12.8. The molecule has 0 saturated carbocycles. The van der Waals surface area contributed by atoms with Crippen LogP contribution in [0.25, 0.3) is 0 Å². The predicted molar refractivity (Wildman–Crippen MR) is 69.3 cm³/mol. The second-order valence-corrected chi connectivity index (χ2v) is 4.42. The second kappa shape index (κ2) is 6.59. The molecule has 0 spiro atoms. The van der Waals surface area contributed by atoms with E-state index >= 15 is 0 Å². The largest absolute Gasteiger partial charge is 0.496 e. The number of hydrogen-bond donors (Lipinski definition) is 2. The van der Waals surface area contributed by atoms with Gasteiger partial charge in [0.15, 0.2) is 0 Å². The third-order valence-corrected chi connectivity index (χ3v) is 2.74. The van der Waals surface area contributed by atoms with Gasteiger partial charge in [-0.15, -0.1) is 0 Å². The molecule has 96 valence electrons. The highest BCUT2D eigenvalue weighted by atomic mass is 16.5. The van der Waals surface area contributed by atoms with Gasteiger partial charge in [0.2, 0.25) is 0 Å². The fourth-order valence-corrected chi connectivity index (χ4v) is 1.68. The molecule has 0 aliphatic carbocycles. The number of benzene rings is 1. The van der Waals surface area contributed by atoms with Crippen molar-refractivity contribution in [1.29, 1.82) is 0 Å². The summed E-state index contributed by atoms with van der Waals surface area (Å²) in [6, 6.07) is 5.58. The molecular weight excluding hydrogens is 216 g/mol. The normalized spacial score (nSPS) is 12.8. The summed E-state index contributed by atoms with van der Waals surface area (Å²) in [5.74, 6) is 0.736. The maximum absolute atomic E-state index is 9.13. The minimum Gasteiger partial charge on any atom is -0.496 e. The molecule has 0 heterocycles. The molecule has 3 N–H and O–H groups in total. The Morgan fingerprint density at radius 3 is 2.65 bits per heavy atom. The highest BCUT2D eigenvalue weighted by Crippen LogP contribution is 2.25. The quantitative estimate of drug-likeness (QED) is 0.769. The van der Waals surface area contributed by atoms with Gasteiger partial charge in [-0.05, 0) is 32.1 Å². The number of nitrogens with zero attached hydrogens (tertiary/aromatic N) is 1. The average molecular weight is 238 g/mol. The lowest BCUT2D eigenvalue weighted by Crippen LogP contribution is -2.17. The fourth-order valence-electron chi connectivity index (χ4n) is 1.68. The topological polar surface area (TPSA) is 58.7 Å². The lowest BCUT2D eigenvalue weighted by atomic mass is 10.0. The van der Waals surface area contributed by atoms with Crippen LogP contribution in [-0.2, 0) is 6.42 Å². The van der Waals surface area contributed by atoms with Crippen LogP contribution >= 0.6 is 0 Å². The summed E-state index contributed by atoms with van der Waals surface area (Å²) in [5, 5.41) is 9.13. The monoisotopic (exact) mass is 238 g/mol. The smallest absolute Gasteiger partial charge is 0.123 e.